The van der Waals surface area contributed by atoms with E-state index in [0.717, 1.165) is 11.4 Å². The minimum absolute atomic E-state index is 0.253. The molecule has 0 fully saturated rings. The first-order chi connectivity index (χ1) is 32.0. The molecular formula is C64H45N. The van der Waals surface area contributed by atoms with Crippen LogP contribution in [0.1, 0.15) is 47.2 Å². The minimum atomic E-state index is -0.546. The van der Waals surface area contributed by atoms with Crippen molar-refractivity contribution in [3.63, 3.8) is 0 Å². The van der Waals surface area contributed by atoms with Crippen molar-refractivity contribution < 1.29 is 0 Å². The van der Waals surface area contributed by atoms with Crippen molar-refractivity contribution in [2.75, 3.05) is 4.90 Å². The molecule has 0 saturated carbocycles. The first kappa shape index (κ1) is 37.5. The smallest absolute Gasteiger partial charge is 0.0726 e. The number of benzene rings is 10. The van der Waals surface area contributed by atoms with Crippen molar-refractivity contribution in [1.29, 1.82) is 0 Å². The van der Waals surface area contributed by atoms with Gasteiger partial charge in [0.15, 0.2) is 0 Å². The number of hydrogen-bond acceptors (Lipinski definition) is 1. The maximum atomic E-state index is 2.63. The van der Waals surface area contributed by atoms with Gasteiger partial charge in [0, 0.05) is 27.9 Å². The Labute approximate surface area is 381 Å². The lowest BCUT2D eigenvalue weighted by molar-refractivity contribution is 0.657. The van der Waals surface area contributed by atoms with E-state index in [-0.39, 0.29) is 5.41 Å². The van der Waals surface area contributed by atoms with Crippen molar-refractivity contribution >= 4 is 17.1 Å². The summed E-state index contributed by atoms with van der Waals surface area (Å²) in [5.74, 6) is 0. The number of rotatable bonds is 6. The molecule has 65 heavy (non-hydrogen) atoms. The zero-order valence-corrected chi connectivity index (χ0v) is 36.5. The molecule has 1 spiro atoms. The summed E-state index contributed by atoms with van der Waals surface area (Å²) in [5, 5.41) is 0. The Hall–Kier alpha value is -8.00. The molecule has 0 N–H and O–H groups in total. The van der Waals surface area contributed by atoms with Gasteiger partial charge in [0.2, 0.25) is 0 Å². The van der Waals surface area contributed by atoms with E-state index >= 15 is 0 Å². The van der Waals surface area contributed by atoms with Gasteiger partial charge in [-0.3, -0.25) is 0 Å². The summed E-state index contributed by atoms with van der Waals surface area (Å²) >= 11 is 0. The fourth-order valence-corrected chi connectivity index (χ4v) is 11.7. The summed E-state index contributed by atoms with van der Waals surface area (Å²) in [6, 6.07) is 88.2. The fourth-order valence-electron chi connectivity index (χ4n) is 11.7. The highest BCUT2D eigenvalue weighted by atomic mass is 15.1. The number of anilines is 3. The van der Waals surface area contributed by atoms with E-state index in [1.54, 1.807) is 0 Å². The molecule has 0 heterocycles. The molecule has 10 aromatic carbocycles. The summed E-state index contributed by atoms with van der Waals surface area (Å²) in [7, 11) is 0. The Bertz CT molecular complexity index is 3430. The SMILES string of the molecule is CC1(C)c2ccccc2-c2c1cc1c(c2N(c2ccccc2)c2ccc(-c3ccc(-c4ccccc4)cc3)cc2)-c2ccc(-c3ccccc3)cc2C12c1ccccc1-c1ccccc12. The van der Waals surface area contributed by atoms with Crippen molar-refractivity contribution in [3.05, 3.63) is 270 Å². The van der Waals surface area contributed by atoms with Crippen LogP contribution in [0.4, 0.5) is 17.1 Å². The van der Waals surface area contributed by atoms with Crippen molar-refractivity contribution in [2.45, 2.75) is 24.7 Å². The van der Waals surface area contributed by atoms with Crippen molar-refractivity contribution in [1.82, 2.24) is 0 Å². The molecule has 3 aliphatic rings. The second kappa shape index (κ2) is 14.3. The lowest BCUT2D eigenvalue weighted by Crippen LogP contribution is -2.27. The Balaban J connectivity index is 1.12. The summed E-state index contributed by atoms with van der Waals surface area (Å²) < 4.78 is 0. The van der Waals surface area contributed by atoms with E-state index in [4.69, 9.17) is 0 Å². The average molecular weight is 828 g/mol. The summed E-state index contributed by atoms with van der Waals surface area (Å²) in [4.78, 5) is 2.57. The van der Waals surface area contributed by atoms with Gasteiger partial charge in [-0.05, 0) is 119 Å². The molecular weight excluding hydrogens is 783 g/mol. The Morgan fingerprint density at radius 1 is 0.277 bits per heavy atom. The molecule has 0 radical (unpaired) electrons. The van der Waals surface area contributed by atoms with Crippen LogP contribution in [0, 0.1) is 0 Å². The zero-order chi connectivity index (χ0) is 43.3. The van der Waals surface area contributed by atoms with Gasteiger partial charge in [0.1, 0.15) is 0 Å². The molecule has 0 unspecified atom stereocenters. The van der Waals surface area contributed by atoms with Crippen LogP contribution in [0.25, 0.3) is 66.8 Å². The quantitative estimate of drug-likeness (QED) is 0.161. The molecule has 0 aliphatic heterocycles. The predicted molar refractivity (Wildman–Crippen MR) is 271 cm³/mol. The third kappa shape index (κ3) is 5.39. The van der Waals surface area contributed by atoms with Crippen LogP contribution in [0.2, 0.25) is 0 Å². The molecule has 0 amide bonds. The van der Waals surface area contributed by atoms with Gasteiger partial charge >= 0.3 is 0 Å². The molecule has 0 atom stereocenters. The van der Waals surface area contributed by atoms with Gasteiger partial charge in [-0.1, -0.05) is 220 Å². The maximum absolute atomic E-state index is 2.63. The third-order valence-electron chi connectivity index (χ3n) is 14.7. The average Bonchev–Trinajstić information content (AvgIpc) is 3.93. The van der Waals surface area contributed by atoms with Crippen LogP contribution in [0.3, 0.4) is 0 Å². The van der Waals surface area contributed by atoms with Crippen LogP contribution >= 0.6 is 0 Å². The highest BCUT2D eigenvalue weighted by Crippen LogP contribution is 2.68. The van der Waals surface area contributed by atoms with Gasteiger partial charge < -0.3 is 4.90 Å². The van der Waals surface area contributed by atoms with Gasteiger partial charge in [0.25, 0.3) is 0 Å². The van der Waals surface area contributed by atoms with Gasteiger partial charge in [0.05, 0.1) is 11.1 Å². The maximum Gasteiger partial charge on any atom is 0.0726 e. The Morgan fingerprint density at radius 2 is 0.677 bits per heavy atom. The van der Waals surface area contributed by atoms with Crippen LogP contribution in [0.5, 0.6) is 0 Å². The molecule has 1 nitrogen and oxygen atoms in total. The molecule has 0 saturated heterocycles. The number of para-hydroxylation sites is 1. The third-order valence-corrected chi connectivity index (χ3v) is 14.7. The van der Waals surface area contributed by atoms with Gasteiger partial charge in [-0.25, -0.2) is 0 Å². The van der Waals surface area contributed by atoms with Crippen molar-refractivity contribution in [2.24, 2.45) is 0 Å². The van der Waals surface area contributed by atoms with Crippen LogP contribution in [-0.2, 0) is 10.8 Å². The van der Waals surface area contributed by atoms with E-state index < -0.39 is 5.41 Å². The molecule has 3 aliphatic carbocycles. The second-order valence-corrected chi connectivity index (χ2v) is 18.4. The Kier molecular flexibility index (Phi) is 8.24. The van der Waals surface area contributed by atoms with Crippen LogP contribution in [-0.4, -0.2) is 0 Å². The van der Waals surface area contributed by atoms with Gasteiger partial charge in [-0.2, -0.15) is 0 Å². The number of nitrogens with zero attached hydrogens (tertiary/aromatic N) is 1. The number of hydrogen-bond donors (Lipinski definition) is 0. The first-order valence-corrected chi connectivity index (χ1v) is 22.8. The monoisotopic (exact) mass is 827 g/mol. The largest absolute Gasteiger partial charge is 0.309 e. The summed E-state index contributed by atoms with van der Waals surface area (Å²) in [6.07, 6.45) is 0. The van der Waals surface area contributed by atoms with E-state index in [9.17, 15) is 0 Å². The van der Waals surface area contributed by atoms with Crippen LogP contribution in [0.15, 0.2) is 237 Å². The van der Waals surface area contributed by atoms with E-state index in [1.807, 2.05) is 0 Å². The fraction of sp³-hybridized carbons (Fsp3) is 0.0625. The zero-order valence-electron chi connectivity index (χ0n) is 36.5. The van der Waals surface area contributed by atoms with Crippen molar-refractivity contribution in [3.8, 4) is 66.8 Å². The standard InChI is InChI=1S/C64H45N/c1-63(2)54-27-15-14-26-52(54)60-58(63)41-59-61(53-39-36-47(43-20-8-4-9-21-43)40-57(53)64(59)55-28-16-12-24-50(55)51-25-13-17-29-56(51)64)62(60)65(48-22-10-5-11-23-48)49-37-34-46(35-38-49)45-32-30-44(31-33-45)42-18-6-3-7-19-42/h3-41H,1-2H3. The molecule has 0 aromatic heterocycles. The lowest BCUT2D eigenvalue weighted by Gasteiger charge is -2.34. The highest BCUT2D eigenvalue weighted by Gasteiger charge is 2.54. The molecule has 1 heteroatoms. The first-order valence-electron chi connectivity index (χ1n) is 22.8. The topological polar surface area (TPSA) is 3.24 Å². The highest BCUT2D eigenvalue weighted by molar-refractivity contribution is 6.09. The predicted octanol–water partition coefficient (Wildman–Crippen LogP) is 16.8. The second-order valence-electron chi connectivity index (χ2n) is 18.4. The summed E-state index contributed by atoms with van der Waals surface area (Å²) in [6.45, 7) is 4.86. The van der Waals surface area contributed by atoms with E-state index in [0.29, 0.717) is 0 Å². The van der Waals surface area contributed by atoms with Gasteiger partial charge in [-0.15, -0.1) is 0 Å². The molecule has 306 valence electrons. The van der Waals surface area contributed by atoms with Crippen LogP contribution < -0.4 is 4.90 Å². The van der Waals surface area contributed by atoms with E-state index in [1.165, 1.54) is 106 Å². The minimum Gasteiger partial charge on any atom is -0.309 e. The molecule has 10 aromatic rings. The normalized spacial score (nSPS) is 13.9. The molecule has 0 bridgehead atoms. The molecule has 13 rings (SSSR count). The Morgan fingerprint density at radius 3 is 1.26 bits per heavy atom. The summed E-state index contributed by atoms with van der Waals surface area (Å²) in [5.41, 5.74) is 25.9. The lowest BCUT2D eigenvalue weighted by atomic mass is 9.69. The van der Waals surface area contributed by atoms with E-state index in [2.05, 4.69) is 255 Å². The number of fused-ring (bicyclic) bond motifs is 13.